The topological polar surface area (TPSA) is 50.4 Å². The summed E-state index contributed by atoms with van der Waals surface area (Å²) >= 11 is 0. The van der Waals surface area contributed by atoms with Crippen LogP contribution in [0.5, 0.6) is 5.75 Å². The molecule has 3 nitrogen and oxygen atoms in total. The maximum absolute atomic E-state index is 12.7. The number of hydrogen-bond donors (Lipinski definition) is 1. The molecule has 0 unspecified atom stereocenters. The summed E-state index contributed by atoms with van der Waals surface area (Å²) in [6, 6.07) is 14.5. The molecule has 0 fully saturated rings. The quantitative estimate of drug-likeness (QED) is 0.343. The molecule has 2 aromatic carbocycles. The molecule has 0 spiro atoms. The van der Waals surface area contributed by atoms with Crippen molar-refractivity contribution in [2.75, 3.05) is 0 Å². The highest BCUT2D eigenvalue weighted by atomic mass is 16.3. The van der Waals surface area contributed by atoms with Crippen molar-refractivity contribution in [1.29, 1.82) is 0 Å². The average Bonchev–Trinajstić information content (AvgIpc) is 3.08. The van der Waals surface area contributed by atoms with E-state index in [1.807, 2.05) is 36.4 Å². The molecule has 0 amide bonds. The van der Waals surface area contributed by atoms with Crippen molar-refractivity contribution in [3.05, 3.63) is 54.1 Å². The lowest BCUT2D eigenvalue weighted by molar-refractivity contribution is 0.0980. The molecule has 0 atom stereocenters. The van der Waals surface area contributed by atoms with Crippen molar-refractivity contribution >= 4 is 16.8 Å². The Kier molecular flexibility index (Phi) is 6.11. The lowest BCUT2D eigenvalue weighted by Gasteiger charge is -2.03. The molecule has 0 radical (unpaired) electrons. The molecule has 3 aromatic rings. The summed E-state index contributed by atoms with van der Waals surface area (Å²) in [6.07, 6.45) is 7.58. The molecule has 0 aliphatic rings. The van der Waals surface area contributed by atoms with Gasteiger partial charge in [-0.3, -0.25) is 4.79 Å². The van der Waals surface area contributed by atoms with Gasteiger partial charge in [-0.15, -0.1) is 0 Å². The normalized spacial score (nSPS) is 11.1. The summed E-state index contributed by atoms with van der Waals surface area (Å²) < 4.78 is 5.88. The van der Waals surface area contributed by atoms with Gasteiger partial charge in [-0.1, -0.05) is 63.3 Å². The first-order chi connectivity index (χ1) is 12.7. The lowest BCUT2D eigenvalue weighted by Crippen LogP contribution is -1.99. The zero-order chi connectivity index (χ0) is 18.4. The number of phenols is 1. The molecular weight excluding hydrogens is 324 g/mol. The van der Waals surface area contributed by atoms with Crippen LogP contribution < -0.4 is 0 Å². The first-order valence-electron chi connectivity index (χ1n) is 9.55. The smallest absolute Gasteiger partial charge is 0.163 e. The Hall–Kier alpha value is -2.55. The number of phenolic OH excluding ortho intramolecular Hbond substituents is 1. The Balaban J connectivity index is 1.75. The van der Waals surface area contributed by atoms with Crippen LogP contribution in [0.25, 0.3) is 22.3 Å². The zero-order valence-electron chi connectivity index (χ0n) is 15.3. The Morgan fingerprint density at radius 1 is 0.962 bits per heavy atom. The van der Waals surface area contributed by atoms with Gasteiger partial charge in [0.15, 0.2) is 5.78 Å². The van der Waals surface area contributed by atoms with Crippen LogP contribution in [0.1, 0.15) is 62.2 Å². The van der Waals surface area contributed by atoms with E-state index in [1.165, 1.54) is 25.7 Å². The SMILES string of the molecule is CCCCCCCCC(=O)c1cccc2oc(-c3ccccc3O)cc12. The fraction of sp³-hybridized carbons (Fsp3) is 0.348. The predicted octanol–water partition coefficient (Wildman–Crippen LogP) is 6.74. The monoisotopic (exact) mass is 350 g/mol. The molecule has 3 heteroatoms. The average molecular weight is 350 g/mol. The number of benzene rings is 2. The standard InChI is InChI=1S/C23H26O3/c1-2-3-4-5-6-7-13-20(24)17-12-10-15-22-19(17)16-23(26-22)18-11-8-9-14-21(18)25/h8-12,14-16,25H,2-7,13H2,1H3. The Bertz CT molecular complexity index is 876. The Labute approximate surface area is 154 Å². The van der Waals surface area contributed by atoms with Gasteiger partial charge in [0.2, 0.25) is 0 Å². The van der Waals surface area contributed by atoms with E-state index in [1.54, 1.807) is 12.1 Å². The molecule has 1 N–H and O–H groups in total. The van der Waals surface area contributed by atoms with E-state index in [9.17, 15) is 9.90 Å². The van der Waals surface area contributed by atoms with Crippen molar-refractivity contribution in [2.45, 2.75) is 51.9 Å². The minimum Gasteiger partial charge on any atom is -0.507 e. The minimum absolute atomic E-state index is 0.163. The molecule has 0 saturated heterocycles. The fourth-order valence-corrected chi connectivity index (χ4v) is 3.32. The Morgan fingerprint density at radius 2 is 1.73 bits per heavy atom. The van der Waals surface area contributed by atoms with E-state index < -0.39 is 0 Å². The maximum Gasteiger partial charge on any atom is 0.163 e. The van der Waals surface area contributed by atoms with E-state index in [4.69, 9.17) is 4.42 Å². The molecule has 0 saturated carbocycles. The number of unbranched alkanes of at least 4 members (excludes halogenated alkanes) is 5. The highest BCUT2D eigenvalue weighted by molar-refractivity contribution is 6.08. The molecule has 1 heterocycles. The number of carbonyl (C=O) groups is 1. The van der Waals surface area contributed by atoms with Crippen molar-refractivity contribution in [3.63, 3.8) is 0 Å². The van der Waals surface area contributed by atoms with Crippen LogP contribution in [0.2, 0.25) is 0 Å². The third-order valence-corrected chi connectivity index (χ3v) is 4.79. The third kappa shape index (κ3) is 4.16. The second-order valence-corrected chi connectivity index (χ2v) is 6.79. The zero-order valence-corrected chi connectivity index (χ0v) is 15.3. The molecule has 0 aliphatic carbocycles. The van der Waals surface area contributed by atoms with Crippen molar-refractivity contribution < 1.29 is 14.3 Å². The third-order valence-electron chi connectivity index (χ3n) is 4.79. The molecule has 0 bridgehead atoms. The highest BCUT2D eigenvalue weighted by Crippen LogP contribution is 2.34. The second kappa shape index (κ2) is 8.70. The first-order valence-corrected chi connectivity index (χ1v) is 9.55. The molecule has 1 aromatic heterocycles. The highest BCUT2D eigenvalue weighted by Gasteiger charge is 2.15. The fourth-order valence-electron chi connectivity index (χ4n) is 3.32. The van der Waals surface area contributed by atoms with Gasteiger partial charge in [0, 0.05) is 17.4 Å². The van der Waals surface area contributed by atoms with E-state index in [2.05, 4.69) is 6.92 Å². The van der Waals surface area contributed by atoms with Crippen molar-refractivity contribution in [2.24, 2.45) is 0 Å². The van der Waals surface area contributed by atoms with Gasteiger partial charge >= 0.3 is 0 Å². The number of rotatable bonds is 9. The number of fused-ring (bicyclic) bond motifs is 1. The molecule has 26 heavy (non-hydrogen) atoms. The van der Waals surface area contributed by atoms with E-state index in [-0.39, 0.29) is 11.5 Å². The van der Waals surface area contributed by atoms with E-state index in [0.717, 1.165) is 18.2 Å². The van der Waals surface area contributed by atoms with E-state index >= 15 is 0 Å². The van der Waals surface area contributed by atoms with Gasteiger partial charge in [-0.2, -0.15) is 0 Å². The van der Waals surface area contributed by atoms with E-state index in [0.29, 0.717) is 28.9 Å². The Morgan fingerprint density at radius 3 is 2.54 bits per heavy atom. The number of para-hydroxylation sites is 1. The summed E-state index contributed by atoms with van der Waals surface area (Å²) in [4.78, 5) is 12.7. The largest absolute Gasteiger partial charge is 0.507 e. The predicted molar refractivity (Wildman–Crippen MR) is 106 cm³/mol. The van der Waals surface area contributed by atoms with Crippen LogP contribution in [0, 0.1) is 0 Å². The van der Waals surface area contributed by atoms with Crippen LogP contribution >= 0.6 is 0 Å². The van der Waals surface area contributed by atoms with Crippen LogP contribution in [0.4, 0.5) is 0 Å². The number of carbonyl (C=O) groups excluding carboxylic acids is 1. The number of Topliss-reactive ketones (excluding diaryl/α,β-unsaturated/α-hetero) is 1. The van der Waals surface area contributed by atoms with Gasteiger partial charge in [0.1, 0.15) is 17.1 Å². The van der Waals surface area contributed by atoms with Gasteiger partial charge in [0.25, 0.3) is 0 Å². The van der Waals surface area contributed by atoms with Crippen molar-refractivity contribution in [3.8, 4) is 17.1 Å². The van der Waals surface area contributed by atoms with Gasteiger partial charge in [-0.25, -0.2) is 0 Å². The number of hydrogen-bond acceptors (Lipinski definition) is 3. The summed E-state index contributed by atoms with van der Waals surface area (Å²) in [5, 5.41) is 10.9. The molecular formula is C23H26O3. The number of furan rings is 1. The number of ketones is 1. The van der Waals surface area contributed by atoms with Crippen molar-refractivity contribution in [1.82, 2.24) is 0 Å². The summed E-state index contributed by atoms with van der Waals surface area (Å²) in [5.41, 5.74) is 2.02. The minimum atomic E-state index is 0.163. The van der Waals surface area contributed by atoms with Crippen LogP contribution in [0.3, 0.4) is 0 Å². The molecule has 136 valence electrons. The van der Waals surface area contributed by atoms with Crippen LogP contribution in [-0.2, 0) is 0 Å². The van der Waals surface area contributed by atoms with Gasteiger partial charge < -0.3 is 9.52 Å². The van der Waals surface area contributed by atoms with Gasteiger partial charge in [0.05, 0.1) is 5.56 Å². The van der Waals surface area contributed by atoms with Crippen LogP contribution in [-0.4, -0.2) is 10.9 Å². The second-order valence-electron chi connectivity index (χ2n) is 6.79. The molecule has 3 rings (SSSR count). The summed E-state index contributed by atoms with van der Waals surface area (Å²) in [6.45, 7) is 2.21. The lowest BCUT2D eigenvalue weighted by atomic mass is 10.00. The maximum atomic E-state index is 12.7. The number of aromatic hydroxyl groups is 1. The summed E-state index contributed by atoms with van der Waals surface area (Å²) in [5.74, 6) is 0.917. The van der Waals surface area contributed by atoms with Crippen LogP contribution in [0.15, 0.2) is 52.9 Å². The summed E-state index contributed by atoms with van der Waals surface area (Å²) in [7, 11) is 0. The molecule has 0 aliphatic heterocycles. The first kappa shape index (κ1) is 18.2. The van der Waals surface area contributed by atoms with Gasteiger partial charge in [-0.05, 0) is 30.7 Å².